The number of carbonyl (C=O) groups excluding carboxylic acids is 1. The number of aromatic nitrogens is 2. The van der Waals surface area contributed by atoms with Gasteiger partial charge in [0, 0.05) is 12.2 Å². The average Bonchev–Trinajstić information content (AvgIpc) is 3.29. The Balaban J connectivity index is 1.93. The van der Waals surface area contributed by atoms with Crippen LogP contribution < -0.4 is 0 Å². The van der Waals surface area contributed by atoms with Gasteiger partial charge in [0.1, 0.15) is 6.04 Å². The summed E-state index contributed by atoms with van der Waals surface area (Å²) in [6, 6.07) is 8.70. The van der Waals surface area contributed by atoms with Gasteiger partial charge in [-0.1, -0.05) is 18.2 Å². The van der Waals surface area contributed by atoms with E-state index in [0.29, 0.717) is 11.3 Å². The smallest absolute Gasteiger partial charge is 0.326 e. The van der Waals surface area contributed by atoms with E-state index in [0.717, 1.165) is 18.5 Å². The molecule has 0 bridgehead atoms. The summed E-state index contributed by atoms with van der Waals surface area (Å²) in [6.07, 6.45) is 3.39. The number of amides is 1. The second-order valence-electron chi connectivity index (χ2n) is 5.87. The molecule has 1 saturated carbocycles. The summed E-state index contributed by atoms with van der Waals surface area (Å²) in [5.74, 6) is -1.25. The average molecular weight is 313 g/mol. The first-order valence-corrected chi connectivity index (χ1v) is 7.66. The molecular weight excluding hydrogens is 294 g/mol. The van der Waals surface area contributed by atoms with Crippen LogP contribution >= 0.6 is 0 Å². The number of para-hydroxylation sites is 1. The molecule has 1 N–H and O–H groups in total. The van der Waals surface area contributed by atoms with E-state index in [1.165, 1.54) is 4.90 Å². The number of carboxylic acids is 1. The monoisotopic (exact) mass is 313 g/mol. The van der Waals surface area contributed by atoms with Crippen LogP contribution in [-0.4, -0.2) is 43.7 Å². The number of hydrogen-bond acceptors (Lipinski definition) is 3. The summed E-state index contributed by atoms with van der Waals surface area (Å²) in [7, 11) is 0. The van der Waals surface area contributed by atoms with Crippen LogP contribution in [0.5, 0.6) is 0 Å². The topological polar surface area (TPSA) is 75.4 Å². The Kier molecular flexibility index (Phi) is 3.90. The van der Waals surface area contributed by atoms with Crippen molar-refractivity contribution in [3.05, 3.63) is 47.8 Å². The van der Waals surface area contributed by atoms with Crippen LogP contribution in [-0.2, 0) is 4.79 Å². The third-order valence-electron chi connectivity index (χ3n) is 4.10. The Morgan fingerprint density at radius 2 is 1.96 bits per heavy atom. The second kappa shape index (κ2) is 5.87. The van der Waals surface area contributed by atoms with Crippen LogP contribution in [0.2, 0.25) is 0 Å². The molecule has 2 aromatic rings. The summed E-state index contributed by atoms with van der Waals surface area (Å²) < 4.78 is 1.65. The van der Waals surface area contributed by atoms with E-state index in [-0.39, 0.29) is 11.9 Å². The van der Waals surface area contributed by atoms with Gasteiger partial charge in [0.15, 0.2) is 0 Å². The summed E-state index contributed by atoms with van der Waals surface area (Å²) >= 11 is 0. The molecule has 1 heterocycles. The van der Waals surface area contributed by atoms with Crippen molar-refractivity contribution in [1.29, 1.82) is 0 Å². The Bertz CT molecular complexity index is 735. The van der Waals surface area contributed by atoms with E-state index in [2.05, 4.69) is 5.10 Å². The van der Waals surface area contributed by atoms with Crippen LogP contribution in [0.25, 0.3) is 5.69 Å². The number of rotatable bonds is 5. The molecule has 1 aromatic carbocycles. The molecule has 1 aromatic heterocycles. The van der Waals surface area contributed by atoms with Crippen LogP contribution in [0.4, 0.5) is 0 Å². The molecule has 0 radical (unpaired) electrons. The van der Waals surface area contributed by atoms with Gasteiger partial charge >= 0.3 is 5.97 Å². The molecule has 1 aliphatic rings. The number of carbonyl (C=O) groups is 2. The van der Waals surface area contributed by atoms with Crippen LogP contribution in [0, 0.1) is 6.92 Å². The van der Waals surface area contributed by atoms with Gasteiger partial charge in [0.2, 0.25) is 0 Å². The molecule has 1 unspecified atom stereocenters. The van der Waals surface area contributed by atoms with Crippen LogP contribution in [0.3, 0.4) is 0 Å². The van der Waals surface area contributed by atoms with Gasteiger partial charge in [-0.15, -0.1) is 0 Å². The van der Waals surface area contributed by atoms with Crippen molar-refractivity contribution in [2.45, 2.75) is 38.8 Å². The van der Waals surface area contributed by atoms with E-state index in [1.807, 2.05) is 30.3 Å². The fourth-order valence-electron chi connectivity index (χ4n) is 2.65. The minimum absolute atomic E-state index is 0.0214. The van der Waals surface area contributed by atoms with Crippen molar-refractivity contribution < 1.29 is 14.7 Å². The van der Waals surface area contributed by atoms with Crippen molar-refractivity contribution >= 4 is 11.9 Å². The molecule has 6 heteroatoms. The fraction of sp³-hybridized carbons (Fsp3) is 0.353. The van der Waals surface area contributed by atoms with Gasteiger partial charge in [-0.25, -0.2) is 9.48 Å². The molecule has 0 spiro atoms. The normalized spacial score (nSPS) is 15.2. The lowest BCUT2D eigenvalue weighted by Gasteiger charge is -2.26. The summed E-state index contributed by atoms with van der Waals surface area (Å²) in [6.45, 7) is 3.32. The number of carboxylic acid groups (broad SMARTS) is 1. The Morgan fingerprint density at radius 3 is 2.52 bits per heavy atom. The molecule has 0 aliphatic heterocycles. The zero-order valence-corrected chi connectivity index (χ0v) is 13.1. The lowest BCUT2D eigenvalue weighted by molar-refractivity contribution is -0.141. The van der Waals surface area contributed by atoms with Crippen LogP contribution in [0.1, 0.15) is 35.8 Å². The molecule has 1 amide bonds. The predicted octanol–water partition coefficient (Wildman–Crippen LogP) is 2.26. The van der Waals surface area contributed by atoms with Crippen molar-refractivity contribution in [1.82, 2.24) is 14.7 Å². The zero-order chi connectivity index (χ0) is 16.6. The maximum absolute atomic E-state index is 12.8. The summed E-state index contributed by atoms with van der Waals surface area (Å²) in [5.41, 5.74) is 1.91. The SMILES string of the molecule is Cc1nn(-c2ccccc2)cc1C(=O)N(C1CC1)C(C)C(=O)O. The third kappa shape index (κ3) is 2.97. The number of hydrogen-bond donors (Lipinski definition) is 1. The van der Waals surface area contributed by atoms with E-state index >= 15 is 0 Å². The van der Waals surface area contributed by atoms with Crippen molar-refractivity contribution in [3.8, 4) is 5.69 Å². The van der Waals surface area contributed by atoms with Gasteiger partial charge < -0.3 is 10.0 Å². The first-order valence-electron chi connectivity index (χ1n) is 7.66. The zero-order valence-electron chi connectivity index (χ0n) is 13.1. The highest BCUT2D eigenvalue weighted by molar-refractivity contribution is 5.97. The summed E-state index contributed by atoms with van der Waals surface area (Å²) in [4.78, 5) is 25.6. The molecule has 0 saturated heterocycles. The molecule has 1 aliphatic carbocycles. The first kappa shape index (κ1) is 15.3. The lowest BCUT2D eigenvalue weighted by atomic mass is 10.2. The Hall–Kier alpha value is -2.63. The largest absolute Gasteiger partial charge is 0.480 e. The van der Waals surface area contributed by atoms with Crippen LogP contribution in [0.15, 0.2) is 36.5 Å². The quantitative estimate of drug-likeness (QED) is 0.918. The molecule has 6 nitrogen and oxygen atoms in total. The van der Waals surface area contributed by atoms with Gasteiger partial charge in [-0.2, -0.15) is 5.10 Å². The van der Waals surface area contributed by atoms with Gasteiger partial charge in [0.25, 0.3) is 5.91 Å². The highest BCUT2D eigenvalue weighted by atomic mass is 16.4. The number of nitrogens with zero attached hydrogens (tertiary/aromatic N) is 3. The molecular formula is C17H19N3O3. The van der Waals surface area contributed by atoms with E-state index in [4.69, 9.17) is 0 Å². The minimum Gasteiger partial charge on any atom is -0.480 e. The number of aliphatic carboxylic acids is 1. The second-order valence-corrected chi connectivity index (χ2v) is 5.87. The minimum atomic E-state index is -0.988. The fourth-order valence-corrected chi connectivity index (χ4v) is 2.65. The number of benzene rings is 1. The van der Waals surface area contributed by atoms with Gasteiger partial charge in [-0.3, -0.25) is 4.79 Å². The first-order chi connectivity index (χ1) is 11.0. The Labute approximate surface area is 134 Å². The predicted molar refractivity (Wildman–Crippen MR) is 84.6 cm³/mol. The molecule has 23 heavy (non-hydrogen) atoms. The number of aryl methyl sites for hydroxylation is 1. The maximum Gasteiger partial charge on any atom is 0.326 e. The van der Waals surface area contributed by atoms with E-state index in [1.54, 1.807) is 24.7 Å². The van der Waals surface area contributed by atoms with Crippen molar-refractivity contribution in [2.75, 3.05) is 0 Å². The van der Waals surface area contributed by atoms with E-state index in [9.17, 15) is 14.7 Å². The highest BCUT2D eigenvalue weighted by Gasteiger charge is 2.39. The Morgan fingerprint density at radius 1 is 1.30 bits per heavy atom. The lowest BCUT2D eigenvalue weighted by Crippen LogP contribution is -2.44. The van der Waals surface area contributed by atoms with Gasteiger partial charge in [-0.05, 0) is 38.8 Å². The summed E-state index contributed by atoms with van der Waals surface area (Å²) in [5, 5.41) is 13.7. The molecule has 3 rings (SSSR count). The third-order valence-corrected chi connectivity index (χ3v) is 4.10. The standard InChI is InChI=1S/C17H19N3O3/c1-11-15(10-19(18-11)13-6-4-3-5-7-13)16(21)20(14-8-9-14)12(2)17(22)23/h3-7,10,12,14H,8-9H2,1-2H3,(H,22,23). The maximum atomic E-state index is 12.8. The van der Waals surface area contributed by atoms with Crippen molar-refractivity contribution in [3.63, 3.8) is 0 Å². The molecule has 1 fully saturated rings. The highest BCUT2D eigenvalue weighted by Crippen LogP contribution is 2.30. The molecule has 1 atom stereocenters. The van der Waals surface area contributed by atoms with Crippen molar-refractivity contribution in [2.24, 2.45) is 0 Å². The molecule has 120 valence electrons. The van der Waals surface area contributed by atoms with Gasteiger partial charge in [0.05, 0.1) is 16.9 Å². The van der Waals surface area contributed by atoms with E-state index < -0.39 is 12.0 Å².